The summed E-state index contributed by atoms with van der Waals surface area (Å²) in [6, 6.07) is 8.23. The molecule has 0 fully saturated rings. The Hall–Kier alpha value is -1.95. The lowest BCUT2D eigenvalue weighted by molar-refractivity contribution is 0.768. The number of anilines is 1. The first kappa shape index (κ1) is 15.1. The maximum Gasteiger partial charge on any atom is 0.193 e. The number of hydrogen-bond donors (Lipinski definition) is 2. The minimum Gasteiger partial charge on any atom is -0.370 e. The Bertz CT molecular complexity index is 455. The topological polar surface area (TPSA) is 50.4 Å². The normalized spacial score (nSPS) is 11.4. The lowest BCUT2D eigenvalue weighted by Crippen LogP contribution is -2.22. The highest BCUT2D eigenvalue weighted by Gasteiger charge is 2.00. The smallest absolute Gasteiger partial charge is 0.193 e. The SMILES string of the molecule is C#CCCCCN=C(N)Nc1cccc(C(C)C)c1. The summed E-state index contributed by atoms with van der Waals surface area (Å²) in [6.45, 7) is 5.05. The van der Waals surface area contributed by atoms with Gasteiger partial charge in [0.05, 0.1) is 0 Å². The van der Waals surface area contributed by atoms with Crippen molar-refractivity contribution in [3.63, 3.8) is 0 Å². The van der Waals surface area contributed by atoms with Crippen molar-refractivity contribution in [2.75, 3.05) is 11.9 Å². The van der Waals surface area contributed by atoms with Crippen molar-refractivity contribution in [2.24, 2.45) is 10.7 Å². The van der Waals surface area contributed by atoms with E-state index < -0.39 is 0 Å². The number of nitrogens with one attached hydrogen (secondary N) is 1. The standard InChI is InChI=1S/C16H23N3/c1-4-5-6-7-11-18-16(17)19-15-10-8-9-14(12-15)13(2)3/h1,8-10,12-13H,5-7,11H2,2-3H3,(H3,17,18,19). The highest BCUT2D eigenvalue weighted by Crippen LogP contribution is 2.18. The maximum absolute atomic E-state index is 5.85. The van der Waals surface area contributed by atoms with Crippen LogP contribution in [0.1, 0.15) is 44.6 Å². The van der Waals surface area contributed by atoms with Crippen molar-refractivity contribution < 1.29 is 0 Å². The number of rotatable bonds is 6. The Kier molecular flexibility index (Phi) is 6.52. The third kappa shape index (κ3) is 5.96. The van der Waals surface area contributed by atoms with Crippen LogP contribution in [0.4, 0.5) is 5.69 Å². The Balaban J connectivity index is 2.47. The second-order valence-electron chi connectivity index (χ2n) is 4.83. The minimum absolute atomic E-state index is 0.460. The molecule has 0 aliphatic heterocycles. The molecular weight excluding hydrogens is 234 g/mol. The lowest BCUT2D eigenvalue weighted by atomic mass is 10.0. The number of nitrogens with zero attached hydrogens (tertiary/aromatic N) is 1. The molecular formula is C16H23N3. The molecule has 0 heterocycles. The van der Waals surface area contributed by atoms with Crippen LogP contribution in [0.3, 0.4) is 0 Å². The first-order valence-corrected chi connectivity index (χ1v) is 6.74. The molecule has 3 heteroatoms. The Morgan fingerprint density at radius 3 is 2.89 bits per heavy atom. The van der Waals surface area contributed by atoms with E-state index in [0.29, 0.717) is 18.4 Å². The largest absolute Gasteiger partial charge is 0.370 e. The lowest BCUT2D eigenvalue weighted by Gasteiger charge is -2.09. The molecule has 0 spiro atoms. The minimum atomic E-state index is 0.460. The molecule has 0 saturated heterocycles. The van der Waals surface area contributed by atoms with Gasteiger partial charge in [0, 0.05) is 18.7 Å². The molecule has 0 aliphatic carbocycles. The average molecular weight is 257 g/mol. The van der Waals surface area contributed by atoms with E-state index in [9.17, 15) is 0 Å². The molecule has 3 N–H and O–H groups in total. The third-order valence-corrected chi connectivity index (χ3v) is 2.84. The number of guanidine groups is 1. The number of terminal acetylenes is 1. The second kappa shape index (κ2) is 8.20. The predicted molar refractivity (Wildman–Crippen MR) is 83.3 cm³/mol. The van der Waals surface area contributed by atoms with E-state index in [1.807, 2.05) is 12.1 Å². The molecule has 0 bridgehead atoms. The highest BCUT2D eigenvalue weighted by molar-refractivity contribution is 5.92. The molecule has 0 aliphatic rings. The summed E-state index contributed by atoms with van der Waals surface area (Å²) in [5, 5.41) is 3.12. The van der Waals surface area contributed by atoms with Crippen LogP contribution >= 0.6 is 0 Å². The highest BCUT2D eigenvalue weighted by atomic mass is 15.1. The molecule has 0 aromatic heterocycles. The van der Waals surface area contributed by atoms with Crippen LogP contribution < -0.4 is 11.1 Å². The van der Waals surface area contributed by atoms with Crippen LogP contribution in [-0.4, -0.2) is 12.5 Å². The van der Waals surface area contributed by atoms with Gasteiger partial charge in [0.2, 0.25) is 0 Å². The number of aliphatic imine (C=N–C) groups is 1. The van der Waals surface area contributed by atoms with E-state index in [4.69, 9.17) is 12.2 Å². The van der Waals surface area contributed by atoms with Crippen LogP contribution in [0.5, 0.6) is 0 Å². The van der Waals surface area contributed by atoms with Crippen molar-refractivity contribution in [1.82, 2.24) is 0 Å². The summed E-state index contributed by atoms with van der Waals surface area (Å²) in [5.41, 5.74) is 8.11. The molecule has 0 amide bonds. The average Bonchev–Trinajstić information content (AvgIpc) is 2.38. The maximum atomic E-state index is 5.85. The van der Waals surface area contributed by atoms with Gasteiger partial charge < -0.3 is 11.1 Å². The Labute approximate surface area is 116 Å². The summed E-state index contributed by atoms with van der Waals surface area (Å²) in [7, 11) is 0. The van der Waals surface area contributed by atoms with E-state index in [2.05, 4.69) is 42.2 Å². The second-order valence-corrected chi connectivity index (χ2v) is 4.83. The van der Waals surface area contributed by atoms with Crippen molar-refractivity contribution in [1.29, 1.82) is 0 Å². The molecule has 1 rings (SSSR count). The van der Waals surface area contributed by atoms with Crippen LogP contribution in [0.25, 0.3) is 0 Å². The van der Waals surface area contributed by atoms with Gasteiger partial charge >= 0.3 is 0 Å². The van der Waals surface area contributed by atoms with Gasteiger partial charge in [-0.05, 0) is 36.5 Å². The van der Waals surface area contributed by atoms with Crippen molar-refractivity contribution in [2.45, 2.75) is 39.0 Å². The van der Waals surface area contributed by atoms with E-state index in [-0.39, 0.29) is 0 Å². The van der Waals surface area contributed by atoms with Crippen LogP contribution in [-0.2, 0) is 0 Å². The zero-order valence-corrected chi connectivity index (χ0v) is 11.8. The molecule has 0 atom stereocenters. The number of unbranched alkanes of at least 4 members (excludes halogenated alkanes) is 2. The Morgan fingerprint density at radius 2 is 2.21 bits per heavy atom. The van der Waals surface area contributed by atoms with Crippen molar-refractivity contribution in [3.8, 4) is 12.3 Å². The quantitative estimate of drug-likeness (QED) is 0.355. The first-order valence-electron chi connectivity index (χ1n) is 6.74. The van der Waals surface area contributed by atoms with Crippen molar-refractivity contribution in [3.05, 3.63) is 29.8 Å². The molecule has 1 aromatic rings. The molecule has 102 valence electrons. The number of benzene rings is 1. The van der Waals surface area contributed by atoms with Crippen LogP contribution in [0, 0.1) is 12.3 Å². The first-order chi connectivity index (χ1) is 9.13. The molecule has 19 heavy (non-hydrogen) atoms. The van der Waals surface area contributed by atoms with E-state index in [1.165, 1.54) is 5.56 Å². The summed E-state index contributed by atoms with van der Waals surface area (Å²) >= 11 is 0. The molecule has 0 unspecified atom stereocenters. The third-order valence-electron chi connectivity index (χ3n) is 2.84. The summed E-state index contributed by atoms with van der Waals surface area (Å²) in [5.74, 6) is 3.58. The van der Waals surface area contributed by atoms with Gasteiger partial charge in [-0.15, -0.1) is 12.3 Å². The van der Waals surface area contributed by atoms with Gasteiger partial charge in [0.1, 0.15) is 0 Å². The zero-order valence-electron chi connectivity index (χ0n) is 11.8. The van der Waals surface area contributed by atoms with Gasteiger partial charge in [-0.25, -0.2) is 0 Å². The predicted octanol–water partition coefficient (Wildman–Crippen LogP) is 3.34. The van der Waals surface area contributed by atoms with Crippen LogP contribution in [0.15, 0.2) is 29.3 Å². The summed E-state index contributed by atoms with van der Waals surface area (Å²) in [6.07, 6.45) is 7.96. The van der Waals surface area contributed by atoms with Crippen LogP contribution in [0.2, 0.25) is 0 Å². The van der Waals surface area contributed by atoms with E-state index >= 15 is 0 Å². The fourth-order valence-corrected chi connectivity index (χ4v) is 1.70. The van der Waals surface area contributed by atoms with E-state index in [0.717, 1.165) is 24.9 Å². The van der Waals surface area contributed by atoms with Gasteiger partial charge in [-0.2, -0.15) is 0 Å². The Morgan fingerprint density at radius 1 is 1.42 bits per heavy atom. The zero-order chi connectivity index (χ0) is 14.1. The fraction of sp³-hybridized carbons (Fsp3) is 0.438. The molecule has 1 aromatic carbocycles. The van der Waals surface area contributed by atoms with Gasteiger partial charge in [-0.1, -0.05) is 26.0 Å². The monoisotopic (exact) mass is 257 g/mol. The van der Waals surface area contributed by atoms with E-state index in [1.54, 1.807) is 0 Å². The summed E-state index contributed by atoms with van der Waals surface area (Å²) < 4.78 is 0. The van der Waals surface area contributed by atoms with Gasteiger partial charge in [0.25, 0.3) is 0 Å². The number of nitrogens with two attached hydrogens (primary N) is 1. The molecule has 0 radical (unpaired) electrons. The van der Waals surface area contributed by atoms with Gasteiger partial charge in [-0.3, -0.25) is 4.99 Å². The summed E-state index contributed by atoms with van der Waals surface area (Å²) in [4.78, 5) is 4.28. The number of hydrogen-bond acceptors (Lipinski definition) is 1. The molecule has 3 nitrogen and oxygen atoms in total. The molecule has 0 saturated carbocycles. The van der Waals surface area contributed by atoms with Crippen molar-refractivity contribution >= 4 is 11.6 Å². The fourth-order valence-electron chi connectivity index (χ4n) is 1.70. The van der Waals surface area contributed by atoms with Gasteiger partial charge in [0.15, 0.2) is 5.96 Å².